The standard InChI is InChI=1S/C20H22O/c1-2-3-6-15-9-11-16(12-10-15)20(21)19-13-17-7-4-5-8-18(17)14-19/h4-5,7-12,19H,2-3,6,13-14H2,1H3. The van der Waals surface area contributed by atoms with Gasteiger partial charge in [-0.3, -0.25) is 4.79 Å². The third-order valence-electron chi connectivity index (χ3n) is 4.48. The molecule has 0 radical (unpaired) electrons. The van der Waals surface area contributed by atoms with Gasteiger partial charge in [-0.15, -0.1) is 0 Å². The first-order chi connectivity index (χ1) is 10.3. The van der Waals surface area contributed by atoms with Crippen LogP contribution in [-0.2, 0) is 19.3 Å². The predicted molar refractivity (Wildman–Crippen MR) is 86.7 cm³/mol. The molecule has 1 heteroatoms. The second-order valence-electron chi connectivity index (χ2n) is 6.04. The van der Waals surface area contributed by atoms with Gasteiger partial charge in [-0.1, -0.05) is 61.9 Å². The van der Waals surface area contributed by atoms with Crippen molar-refractivity contribution in [3.05, 3.63) is 70.8 Å². The van der Waals surface area contributed by atoms with Crippen LogP contribution in [0.2, 0.25) is 0 Å². The average molecular weight is 278 g/mol. The average Bonchev–Trinajstić information content (AvgIpc) is 2.96. The molecule has 0 heterocycles. The van der Waals surface area contributed by atoms with Crippen LogP contribution in [0.5, 0.6) is 0 Å². The Kier molecular flexibility index (Phi) is 4.19. The number of hydrogen-bond donors (Lipinski definition) is 0. The molecule has 0 unspecified atom stereocenters. The van der Waals surface area contributed by atoms with Crippen LogP contribution < -0.4 is 0 Å². The highest BCUT2D eigenvalue weighted by Crippen LogP contribution is 2.29. The lowest BCUT2D eigenvalue weighted by Gasteiger charge is -2.09. The number of rotatable bonds is 5. The SMILES string of the molecule is CCCCc1ccc(C(=O)C2Cc3ccccc3C2)cc1. The van der Waals surface area contributed by atoms with Crippen molar-refractivity contribution in [1.82, 2.24) is 0 Å². The van der Waals surface area contributed by atoms with Gasteiger partial charge in [-0.2, -0.15) is 0 Å². The molecule has 0 bridgehead atoms. The second kappa shape index (κ2) is 6.26. The molecular weight excluding hydrogens is 256 g/mol. The Morgan fingerprint density at radius 3 is 2.19 bits per heavy atom. The second-order valence-corrected chi connectivity index (χ2v) is 6.04. The van der Waals surface area contributed by atoms with E-state index in [1.54, 1.807) is 0 Å². The van der Waals surface area contributed by atoms with Crippen molar-refractivity contribution < 1.29 is 4.79 Å². The molecule has 108 valence electrons. The fraction of sp³-hybridized carbons (Fsp3) is 0.350. The van der Waals surface area contributed by atoms with E-state index in [-0.39, 0.29) is 5.92 Å². The van der Waals surface area contributed by atoms with Crippen molar-refractivity contribution >= 4 is 5.78 Å². The lowest BCUT2D eigenvalue weighted by molar-refractivity contribution is 0.0924. The molecule has 0 amide bonds. The quantitative estimate of drug-likeness (QED) is 0.729. The van der Waals surface area contributed by atoms with Gasteiger partial charge >= 0.3 is 0 Å². The highest BCUT2D eigenvalue weighted by Gasteiger charge is 2.27. The zero-order chi connectivity index (χ0) is 14.7. The first kappa shape index (κ1) is 14.1. The van der Waals surface area contributed by atoms with Gasteiger partial charge in [-0.05, 0) is 42.4 Å². The van der Waals surface area contributed by atoms with Gasteiger partial charge in [0.05, 0.1) is 0 Å². The Bertz CT molecular complexity index is 600. The Morgan fingerprint density at radius 1 is 1.00 bits per heavy atom. The first-order valence-corrected chi connectivity index (χ1v) is 7.98. The molecule has 0 aromatic heterocycles. The minimum absolute atomic E-state index is 0.129. The van der Waals surface area contributed by atoms with Crippen LogP contribution in [0.15, 0.2) is 48.5 Å². The molecule has 1 aliphatic rings. The maximum absolute atomic E-state index is 12.6. The van der Waals surface area contributed by atoms with E-state index in [1.165, 1.54) is 29.5 Å². The summed E-state index contributed by atoms with van der Waals surface area (Å²) in [4.78, 5) is 12.6. The molecule has 0 atom stereocenters. The largest absolute Gasteiger partial charge is 0.294 e. The van der Waals surface area contributed by atoms with Crippen molar-refractivity contribution in [2.45, 2.75) is 39.0 Å². The fourth-order valence-electron chi connectivity index (χ4n) is 3.20. The number of aryl methyl sites for hydroxylation is 1. The number of hydrogen-bond acceptors (Lipinski definition) is 1. The fourth-order valence-corrected chi connectivity index (χ4v) is 3.20. The Morgan fingerprint density at radius 2 is 1.62 bits per heavy atom. The molecule has 3 rings (SSSR count). The van der Waals surface area contributed by atoms with E-state index in [1.807, 2.05) is 12.1 Å². The normalized spacial score (nSPS) is 14.1. The number of carbonyl (C=O) groups is 1. The van der Waals surface area contributed by atoms with Crippen LogP contribution in [0.1, 0.15) is 46.8 Å². The minimum Gasteiger partial charge on any atom is -0.294 e. The lowest BCUT2D eigenvalue weighted by Crippen LogP contribution is -2.14. The molecule has 0 N–H and O–H groups in total. The topological polar surface area (TPSA) is 17.1 Å². The van der Waals surface area contributed by atoms with E-state index in [0.717, 1.165) is 24.8 Å². The number of benzene rings is 2. The zero-order valence-corrected chi connectivity index (χ0v) is 12.6. The molecule has 0 fully saturated rings. The summed E-state index contributed by atoms with van der Waals surface area (Å²) in [5.74, 6) is 0.428. The predicted octanol–water partition coefficient (Wildman–Crippen LogP) is 4.63. The number of Topliss-reactive ketones (excluding diaryl/α,β-unsaturated/α-hetero) is 1. The van der Waals surface area contributed by atoms with Crippen LogP contribution in [0.4, 0.5) is 0 Å². The number of ketones is 1. The van der Waals surface area contributed by atoms with Gasteiger partial charge in [-0.25, -0.2) is 0 Å². The van der Waals surface area contributed by atoms with Crippen molar-refractivity contribution in [3.63, 3.8) is 0 Å². The molecule has 2 aromatic rings. The minimum atomic E-state index is 0.129. The van der Waals surface area contributed by atoms with Gasteiger partial charge in [0, 0.05) is 11.5 Å². The van der Waals surface area contributed by atoms with Gasteiger partial charge in [0.15, 0.2) is 5.78 Å². The Balaban J connectivity index is 1.69. The maximum Gasteiger partial charge on any atom is 0.166 e. The van der Waals surface area contributed by atoms with Gasteiger partial charge < -0.3 is 0 Å². The monoisotopic (exact) mass is 278 g/mol. The highest BCUT2D eigenvalue weighted by atomic mass is 16.1. The summed E-state index contributed by atoms with van der Waals surface area (Å²) in [5, 5.41) is 0. The third-order valence-corrected chi connectivity index (χ3v) is 4.48. The van der Waals surface area contributed by atoms with E-state index in [2.05, 4.69) is 43.3 Å². The molecule has 1 nitrogen and oxygen atoms in total. The lowest BCUT2D eigenvalue weighted by atomic mass is 9.94. The third kappa shape index (κ3) is 3.07. The van der Waals surface area contributed by atoms with Crippen LogP contribution in [0, 0.1) is 5.92 Å². The van der Waals surface area contributed by atoms with Crippen molar-refractivity contribution in [2.75, 3.05) is 0 Å². The maximum atomic E-state index is 12.6. The molecule has 21 heavy (non-hydrogen) atoms. The first-order valence-electron chi connectivity index (χ1n) is 7.98. The summed E-state index contributed by atoms with van der Waals surface area (Å²) >= 11 is 0. The van der Waals surface area contributed by atoms with Crippen molar-refractivity contribution in [2.24, 2.45) is 5.92 Å². The van der Waals surface area contributed by atoms with E-state index < -0.39 is 0 Å². The van der Waals surface area contributed by atoms with E-state index >= 15 is 0 Å². The van der Waals surface area contributed by atoms with Gasteiger partial charge in [0.1, 0.15) is 0 Å². The zero-order valence-electron chi connectivity index (χ0n) is 12.6. The van der Waals surface area contributed by atoms with E-state index in [9.17, 15) is 4.79 Å². The molecular formula is C20H22O. The highest BCUT2D eigenvalue weighted by molar-refractivity contribution is 5.98. The Labute approximate surface area is 127 Å². The molecule has 1 aliphatic carbocycles. The van der Waals surface area contributed by atoms with E-state index in [0.29, 0.717) is 5.78 Å². The summed E-state index contributed by atoms with van der Waals surface area (Å²) < 4.78 is 0. The summed E-state index contributed by atoms with van der Waals surface area (Å²) in [7, 11) is 0. The van der Waals surface area contributed by atoms with Crippen LogP contribution >= 0.6 is 0 Å². The van der Waals surface area contributed by atoms with Crippen molar-refractivity contribution in [3.8, 4) is 0 Å². The summed E-state index contributed by atoms with van der Waals surface area (Å²) in [6.07, 6.45) is 5.32. The molecule has 2 aromatic carbocycles. The number of unbranched alkanes of at least 4 members (excludes halogenated alkanes) is 1. The van der Waals surface area contributed by atoms with Crippen LogP contribution in [0.25, 0.3) is 0 Å². The molecule has 0 aliphatic heterocycles. The smallest absolute Gasteiger partial charge is 0.166 e. The molecule has 0 saturated carbocycles. The summed E-state index contributed by atoms with van der Waals surface area (Å²) in [6, 6.07) is 16.7. The molecule has 0 saturated heterocycles. The van der Waals surface area contributed by atoms with Gasteiger partial charge in [0.25, 0.3) is 0 Å². The van der Waals surface area contributed by atoms with Crippen LogP contribution in [-0.4, -0.2) is 5.78 Å². The summed E-state index contributed by atoms with van der Waals surface area (Å²) in [6.45, 7) is 2.20. The van der Waals surface area contributed by atoms with Crippen LogP contribution in [0.3, 0.4) is 0 Å². The van der Waals surface area contributed by atoms with Crippen molar-refractivity contribution in [1.29, 1.82) is 0 Å². The summed E-state index contributed by atoms with van der Waals surface area (Å²) in [5.41, 5.74) is 4.89. The number of fused-ring (bicyclic) bond motifs is 1. The molecule has 0 spiro atoms. The number of carbonyl (C=O) groups excluding carboxylic acids is 1. The van der Waals surface area contributed by atoms with E-state index in [4.69, 9.17) is 0 Å². The Hall–Kier alpha value is -1.89. The van der Waals surface area contributed by atoms with Gasteiger partial charge in [0.2, 0.25) is 0 Å².